The number of halogens is 1. The van der Waals surface area contributed by atoms with Crippen LogP contribution in [0.5, 0.6) is 0 Å². The molecule has 1 unspecified atom stereocenters. The largest absolute Gasteiger partial charge is 0.480 e. The molecule has 3 N–H and O–H groups in total. The normalized spacial score (nSPS) is 26.0. The first-order chi connectivity index (χ1) is 20.2. The molecule has 0 aromatic heterocycles. The van der Waals surface area contributed by atoms with Gasteiger partial charge in [0.1, 0.15) is 11.1 Å². The predicted molar refractivity (Wildman–Crippen MR) is 167 cm³/mol. The summed E-state index contributed by atoms with van der Waals surface area (Å²) in [6, 6.07) is 17.1. The summed E-state index contributed by atoms with van der Waals surface area (Å²) in [5.41, 5.74) is 1.09. The van der Waals surface area contributed by atoms with E-state index in [0.717, 1.165) is 35.2 Å². The summed E-state index contributed by atoms with van der Waals surface area (Å²) >= 11 is 6.63. The first-order valence-corrected chi connectivity index (χ1v) is 16.3. The van der Waals surface area contributed by atoms with Crippen LogP contribution in [-0.2, 0) is 19.6 Å². The van der Waals surface area contributed by atoms with Crippen LogP contribution in [0.3, 0.4) is 0 Å². The maximum absolute atomic E-state index is 13.5. The summed E-state index contributed by atoms with van der Waals surface area (Å²) in [7, 11) is -4.28. The lowest BCUT2D eigenvalue weighted by atomic mass is 9.99. The van der Waals surface area contributed by atoms with E-state index in [1.807, 2.05) is 75.4 Å². The highest BCUT2D eigenvalue weighted by Gasteiger charge is 2.64. The van der Waals surface area contributed by atoms with E-state index in [-0.39, 0.29) is 25.0 Å². The van der Waals surface area contributed by atoms with Gasteiger partial charge in [-0.3, -0.25) is 4.79 Å². The van der Waals surface area contributed by atoms with E-state index >= 15 is 0 Å². The molecular weight excluding hydrogens is 590 g/mol. The molecule has 11 heteroatoms. The van der Waals surface area contributed by atoms with Crippen molar-refractivity contribution in [3.63, 3.8) is 0 Å². The molecule has 2 aromatic rings. The number of sulfonamides is 1. The topological polar surface area (TPSA) is 125 Å². The monoisotopic (exact) mass is 627 g/mol. The van der Waals surface area contributed by atoms with Gasteiger partial charge in [-0.05, 0) is 74.9 Å². The number of carboxylic acid groups (broad SMARTS) is 1. The number of carbonyl (C=O) groups excluding carboxylic acids is 1. The molecule has 2 aliphatic carbocycles. The summed E-state index contributed by atoms with van der Waals surface area (Å²) < 4.78 is 33.2. The van der Waals surface area contributed by atoms with Gasteiger partial charge in [0.2, 0.25) is 10.0 Å². The molecule has 0 bridgehead atoms. The Morgan fingerprint density at radius 3 is 2.37 bits per heavy atom. The zero-order valence-electron chi connectivity index (χ0n) is 24.5. The Morgan fingerprint density at radius 2 is 1.77 bits per heavy atom. The zero-order chi connectivity index (χ0) is 31.0. The predicted octanol–water partition coefficient (Wildman–Crippen LogP) is 5.71. The number of nitrogens with zero attached hydrogens (tertiary/aromatic N) is 1. The van der Waals surface area contributed by atoms with E-state index in [1.165, 1.54) is 6.08 Å². The lowest BCUT2D eigenvalue weighted by Crippen LogP contribution is -2.51. The molecule has 3 atom stereocenters. The Kier molecular flexibility index (Phi) is 8.41. The SMILES string of the molecule is CC(C)(C)OC(=O)N1CCC(Nc2cccc([C@H]3C[C@@]3(NS(=O)(=O)C3(Cl)C=CC(c4ccccc4)=CC3)C(=O)O)c2)CC1. The molecule has 1 heterocycles. The number of carboxylic acids is 1. The van der Waals surface area contributed by atoms with Crippen LogP contribution < -0.4 is 10.0 Å². The Hall–Kier alpha value is -3.34. The summed E-state index contributed by atoms with van der Waals surface area (Å²) in [4.78, 5) is 26.6. The minimum Gasteiger partial charge on any atom is -0.480 e. The summed E-state index contributed by atoms with van der Waals surface area (Å²) in [6.45, 7) is 6.66. The van der Waals surface area contributed by atoms with Crippen LogP contribution in [0.2, 0.25) is 0 Å². The number of amides is 1. The number of benzene rings is 2. The molecule has 3 aliphatic rings. The number of piperidine rings is 1. The Labute approximate surface area is 258 Å². The number of likely N-dealkylation sites (tertiary alicyclic amines) is 1. The number of ether oxygens (including phenoxy) is 1. The highest BCUT2D eigenvalue weighted by atomic mass is 35.5. The molecular formula is C32H38ClN3O6S. The van der Waals surface area contributed by atoms with Crippen LogP contribution >= 0.6 is 11.6 Å². The van der Waals surface area contributed by atoms with Gasteiger partial charge >= 0.3 is 12.1 Å². The fourth-order valence-corrected chi connectivity index (χ4v) is 7.41. The number of allylic oxidation sites excluding steroid dienone is 3. The van der Waals surface area contributed by atoms with Crippen molar-refractivity contribution in [2.45, 2.75) is 73.8 Å². The molecule has 2 aromatic carbocycles. The highest BCUT2D eigenvalue weighted by molar-refractivity contribution is 7.92. The lowest BCUT2D eigenvalue weighted by molar-refractivity contribution is -0.140. The number of rotatable bonds is 8. The molecule has 1 aliphatic heterocycles. The van der Waals surface area contributed by atoms with Crippen LogP contribution in [0.25, 0.3) is 5.57 Å². The number of carbonyl (C=O) groups is 2. The third-order valence-corrected chi connectivity index (χ3v) is 10.9. The van der Waals surface area contributed by atoms with Crippen LogP contribution in [0.4, 0.5) is 10.5 Å². The van der Waals surface area contributed by atoms with Crippen molar-refractivity contribution in [3.8, 4) is 0 Å². The molecule has 1 saturated heterocycles. The van der Waals surface area contributed by atoms with Gasteiger partial charge in [0, 0.05) is 37.2 Å². The Morgan fingerprint density at radius 1 is 1.07 bits per heavy atom. The molecule has 0 radical (unpaired) electrons. The molecule has 5 rings (SSSR count). The zero-order valence-corrected chi connectivity index (χ0v) is 26.1. The Balaban J connectivity index is 1.23. The minimum atomic E-state index is -4.28. The van der Waals surface area contributed by atoms with E-state index in [1.54, 1.807) is 17.1 Å². The van der Waals surface area contributed by atoms with Crippen LogP contribution in [0, 0.1) is 0 Å². The van der Waals surface area contributed by atoms with Gasteiger partial charge in [0.05, 0.1) is 0 Å². The average Bonchev–Trinajstić information content (AvgIpc) is 3.68. The van der Waals surface area contributed by atoms with Gasteiger partial charge in [-0.25, -0.2) is 13.2 Å². The van der Waals surface area contributed by atoms with Crippen LogP contribution in [-0.4, -0.2) is 65.0 Å². The number of hydrogen-bond donors (Lipinski definition) is 3. The number of hydrogen-bond acceptors (Lipinski definition) is 6. The maximum Gasteiger partial charge on any atom is 0.410 e. The van der Waals surface area contributed by atoms with Gasteiger partial charge in [-0.1, -0.05) is 66.2 Å². The van der Waals surface area contributed by atoms with Gasteiger partial charge in [-0.2, -0.15) is 4.72 Å². The van der Waals surface area contributed by atoms with E-state index in [4.69, 9.17) is 16.3 Å². The van der Waals surface area contributed by atoms with Crippen molar-refractivity contribution < 1.29 is 27.9 Å². The van der Waals surface area contributed by atoms with E-state index in [0.29, 0.717) is 13.1 Å². The minimum absolute atomic E-state index is 0.00285. The average molecular weight is 628 g/mol. The van der Waals surface area contributed by atoms with Crippen molar-refractivity contribution in [2.75, 3.05) is 18.4 Å². The summed E-state index contributed by atoms with van der Waals surface area (Å²) in [5, 5.41) is 13.7. The maximum atomic E-state index is 13.5. The number of anilines is 1. The van der Waals surface area contributed by atoms with Crippen molar-refractivity contribution >= 4 is 44.9 Å². The summed E-state index contributed by atoms with van der Waals surface area (Å²) in [5.74, 6) is -1.80. The number of aliphatic carboxylic acids is 1. The second-order valence-corrected chi connectivity index (χ2v) is 15.3. The van der Waals surface area contributed by atoms with E-state index in [2.05, 4.69) is 10.0 Å². The Bertz CT molecular complexity index is 1550. The van der Waals surface area contributed by atoms with E-state index < -0.39 is 37.3 Å². The second-order valence-electron chi connectivity index (χ2n) is 12.5. The first-order valence-electron chi connectivity index (χ1n) is 14.5. The van der Waals surface area contributed by atoms with E-state index in [9.17, 15) is 23.1 Å². The van der Waals surface area contributed by atoms with Crippen molar-refractivity contribution in [2.24, 2.45) is 0 Å². The molecule has 230 valence electrons. The molecule has 2 fully saturated rings. The fourth-order valence-electron chi connectivity index (χ4n) is 5.64. The van der Waals surface area contributed by atoms with Gasteiger partial charge < -0.3 is 20.1 Å². The van der Waals surface area contributed by atoms with Crippen molar-refractivity contribution in [1.82, 2.24) is 9.62 Å². The standard InChI is InChI=1S/C32H38ClN3O6S/c1-30(2,3)42-29(39)36-18-14-25(15-19-36)34-26-11-7-10-24(20-26)27-21-32(27,28(37)38)35-43(40,41)31(33)16-12-23(13-17-31)22-8-5-4-6-9-22/h4-13,16,20,25,27,34-35H,14-15,17-19,21H2,1-3H3,(H,37,38)/t27-,31?,32+/m1/s1. The van der Waals surface area contributed by atoms with Gasteiger partial charge in [-0.15, -0.1) is 0 Å². The third kappa shape index (κ3) is 6.76. The van der Waals surface area contributed by atoms with Gasteiger partial charge in [0.15, 0.2) is 4.21 Å². The van der Waals surface area contributed by atoms with Crippen LogP contribution in [0.1, 0.15) is 63.5 Å². The smallest absolute Gasteiger partial charge is 0.410 e. The quantitative estimate of drug-likeness (QED) is 0.320. The molecule has 43 heavy (non-hydrogen) atoms. The first kappa shape index (κ1) is 31.1. The number of alkyl halides is 1. The lowest BCUT2D eigenvalue weighted by Gasteiger charge is -2.34. The van der Waals surface area contributed by atoms with Gasteiger partial charge in [0.25, 0.3) is 0 Å². The third-order valence-electron chi connectivity index (χ3n) is 8.13. The molecule has 1 saturated carbocycles. The summed E-state index contributed by atoms with van der Waals surface area (Å²) in [6.07, 6.45) is 6.10. The van der Waals surface area contributed by atoms with Crippen molar-refractivity contribution in [3.05, 3.63) is 84.0 Å². The molecule has 1 amide bonds. The highest BCUT2D eigenvalue weighted by Crippen LogP contribution is 2.53. The van der Waals surface area contributed by atoms with Crippen LogP contribution in [0.15, 0.2) is 72.8 Å². The second kappa shape index (κ2) is 11.6. The fraction of sp³-hybridized carbons (Fsp3) is 0.438. The number of nitrogens with one attached hydrogen (secondary N) is 2. The van der Waals surface area contributed by atoms with Crippen molar-refractivity contribution in [1.29, 1.82) is 0 Å². The molecule has 9 nitrogen and oxygen atoms in total. The molecule has 0 spiro atoms.